The Labute approximate surface area is 276 Å². The number of hydrogen-bond donors (Lipinski definition) is 0. The average molecular weight is 607 g/mol. The first-order valence-electron chi connectivity index (χ1n) is 20.8. The van der Waals surface area contributed by atoms with Gasteiger partial charge >= 0.3 is 0 Å². The largest absolute Gasteiger partial charge is 0.328 e. The van der Waals surface area contributed by atoms with E-state index in [0.717, 1.165) is 10.5 Å². The molecule has 0 aromatic rings. The first-order chi connectivity index (χ1) is 21.0. The highest BCUT2D eigenvalue weighted by atomic mass is 15.3. The van der Waals surface area contributed by atoms with Gasteiger partial charge in [0.2, 0.25) is 0 Å². The summed E-state index contributed by atoms with van der Waals surface area (Å²) in [5.41, 5.74) is 0. The Morgan fingerprint density at radius 3 is 0.581 bits per heavy atom. The predicted octanol–water partition coefficient (Wildman–Crippen LogP) is 15.1. The number of nitrogens with zero attached hydrogens (tertiary/aromatic N) is 1. The number of quaternary nitrogens is 1. The minimum absolute atomic E-state index is 0.868. The topological polar surface area (TPSA) is 0 Å². The van der Waals surface area contributed by atoms with Crippen molar-refractivity contribution in [2.75, 3.05) is 21.1 Å². The maximum Gasteiger partial charge on any atom is 0.0884 e. The second-order valence-electron chi connectivity index (χ2n) is 15.7. The summed E-state index contributed by atoms with van der Waals surface area (Å²) in [5.74, 6) is 0. The van der Waals surface area contributed by atoms with Gasteiger partial charge in [0.05, 0.1) is 27.2 Å². The Hall–Kier alpha value is -0.0400. The Bertz CT molecular complexity index is 492. The number of rotatable bonds is 37. The van der Waals surface area contributed by atoms with E-state index in [2.05, 4.69) is 35.0 Å². The standard InChI is InChI=1S/C42H88N/c1-6-8-10-12-14-16-18-20-22-24-25-27-29-31-33-35-37-39-41-42(43(3,4)5)40-38-36-34-32-30-28-26-23-21-19-17-15-13-11-9-7-2/h42H,6-41H2,1-5H3/q+1. The van der Waals surface area contributed by atoms with E-state index in [-0.39, 0.29) is 0 Å². The normalized spacial score (nSPS) is 12.8. The SMILES string of the molecule is CCCCCCCCCCCCCCCCCCCCC(CCCCCCCCCCCCCCCCCC)[N+](C)(C)C. The summed E-state index contributed by atoms with van der Waals surface area (Å²) in [7, 11) is 7.31. The summed E-state index contributed by atoms with van der Waals surface area (Å²) in [4.78, 5) is 0. The second kappa shape index (κ2) is 34.8. The summed E-state index contributed by atoms with van der Waals surface area (Å²) in [6, 6.07) is 0.868. The van der Waals surface area contributed by atoms with Gasteiger partial charge < -0.3 is 4.48 Å². The molecule has 0 saturated carbocycles. The molecule has 0 spiro atoms. The molecule has 0 heterocycles. The first-order valence-corrected chi connectivity index (χ1v) is 20.8. The third-order valence-electron chi connectivity index (χ3n) is 10.4. The fourth-order valence-electron chi connectivity index (χ4n) is 7.13. The molecule has 0 aliphatic rings. The summed E-state index contributed by atoms with van der Waals surface area (Å²) in [6.07, 6.45) is 52.9. The molecule has 0 aliphatic carbocycles. The third kappa shape index (κ3) is 34.7. The van der Waals surface area contributed by atoms with E-state index in [4.69, 9.17) is 0 Å². The first kappa shape index (κ1) is 43.0. The van der Waals surface area contributed by atoms with Crippen LogP contribution in [-0.4, -0.2) is 31.7 Å². The van der Waals surface area contributed by atoms with Crippen molar-refractivity contribution in [3.63, 3.8) is 0 Å². The van der Waals surface area contributed by atoms with Crippen molar-refractivity contribution in [1.29, 1.82) is 0 Å². The molecule has 1 heteroatoms. The summed E-state index contributed by atoms with van der Waals surface area (Å²) in [5, 5.41) is 0. The molecular weight excluding hydrogens is 518 g/mol. The molecule has 0 radical (unpaired) electrons. The zero-order valence-corrected chi connectivity index (χ0v) is 31.5. The minimum Gasteiger partial charge on any atom is -0.328 e. The van der Waals surface area contributed by atoms with Gasteiger partial charge in [0.1, 0.15) is 0 Å². The summed E-state index contributed by atoms with van der Waals surface area (Å²) >= 11 is 0. The van der Waals surface area contributed by atoms with Crippen LogP contribution < -0.4 is 0 Å². The maximum atomic E-state index is 2.44. The highest BCUT2D eigenvalue weighted by molar-refractivity contribution is 4.61. The average Bonchev–Trinajstić information content (AvgIpc) is 2.98. The van der Waals surface area contributed by atoms with E-state index >= 15 is 0 Å². The van der Waals surface area contributed by atoms with Crippen molar-refractivity contribution >= 4 is 0 Å². The lowest BCUT2D eigenvalue weighted by Gasteiger charge is -2.34. The van der Waals surface area contributed by atoms with Gasteiger partial charge in [-0.05, 0) is 25.7 Å². The van der Waals surface area contributed by atoms with Crippen LogP contribution in [0.25, 0.3) is 0 Å². The van der Waals surface area contributed by atoms with Crippen LogP contribution in [-0.2, 0) is 0 Å². The lowest BCUT2D eigenvalue weighted by molar-refractivity contribution is -0.896. The van der Waals surface area contributed by atoms with Crippen LogP contribution in [0.1, 0.15) is 245 Å². The summed E-state index contributed by atoms with van der Waals surface area (Å²) in [6.45, 7) is 4.62. The molecule has 260 valence electrons. The number of unbranched alkanes of at least 4 members (excludes halogenated alkanes) is 32. The van der Waals surface area contributed by atoms with Gasteiger partial charge in [-0.3, -0.25) is 0 Å². The van der Waals surface area contributed by atoms with Crippen LogP contribution >= 0.6 is 0 Å². The van der Waals surface area contributed by atoms with Crippen LogP contribution in [0.15, 0.2) is 0 Å². The second-order valence-corrected chi connectivity index (χ2v) is 15.7. The fraction of sp³-hybridized carbons (Fsp3) is 1.00. The van der Waals surface area contributed by atoms with E-state index in [1.165, 1.54) is 231 Å². The lowest BCUT2D eigenvalue weighted by atomic mass is 9.97. The van der Waals surface area contributed by atoms with Crippen LogP contribution in [0.3, 0.4) is 0 Å². The maximum absolute atomic E-state index is 2.44. The predicted molar refractivity (Wildman–Crippen MR) is 199 cm³/mol. The van der Waals surface area contributed by atoms with Gasteiger partial charge in [-0.1, -0.05) is 219 Å². The van der Waals surface area contributed by atoms with Crippen molar-refractivity contribution < 1.29 is 4.48 Å². The van der Waals surface area contributed by atoms with Gasteiger partial charge in [0.15, 0.2) is 0 Å². The van der Waals surface area contributed by atoms with Crippen LogP contribution in [0.5, 0.6) is 0 Å². The van der Waals surface area contributed by atoms with E-state index < -0.39 is 0 Å². The van der Waals surface area contributed by atoms with Gasteiger partial charge in [0, 0.05) is 0 Å². The summed E-state index contributed by atoms with van der Waals surface area (Å²) < 4.78 is 1.16. The van der Waals surface area contributed by atoms with Gasteiger partial charge in [-0.25, -0.2) is 0 Å². The molecule has 0 aromatic carbocycles. The molecule has 0 fully saturated rings. The zero-order valence-electron chi connectivity index (χ0n) is 31.5. The Morgan fingerprint density at radius 1 is 0.256 bits per heavy atom. The van der Waals surface area contributed by atoms with E-state index in [1.807, 2.05) is 0 Å². The van der Waals surface area contributed by atoms with E-state index in [0.29, 0.717) is 0 Å². The van der Waals surface area contributed by atoms with Gasteiger partial charge in [-0.15, -0.1) is 0 Å². The fourth-order valence-corrected chi connectivity index (χ4v) is 7.13. The van der Waals surface area contributed by atoms with Crippen LogP contribution in [0.4, 0.5) is 0 Å². The van der Waals surface area contributed by atoms with E-state index in [1.54, 1.807) is 0 Å². The number of hydrogen-bond acceptors (Lipinski definition) is 0. The third-order valence-corrected chi connectivity index (χ3v) is 10.4. The van der Waals surface area contributed by atoms with E-state index in [9.17, 15) is 0 Å². The van der Waals surface area contributed by atoms with Gasteiger partial charge in [0.25, 0.3) is 0 Å². The molecule has 0 amide bonds. The Balaban J connectivity index is 3.47. The molecule has 0 aliphatic heterocycles. The Kier molecular flexibility index (Phi) is 34.8. The van der Waals surface area contributed by atoms with Crippen molar-refractivity contribution in [3.05, 3.63) is 0 Å². The molecular formula is C42H88N+. The van der Waals surface area contributed by atoms with Crippen molar-refractivity contribution in [1.82, 2.24) is 0 Å². The van der Waals surface area contributed by atoms with Crippen LogP contribution in [0.2, 0.25) is 0 Å². The smallest absolute Gasteiger partial charge is 0.0884 e. The molecule has 1 nitrogen and oxygen atoms in total. The van der Waals surface area contributed by atoms with Crippen molar-refractivity contribution in [3.8, 4) is 0 Å². The molecule has 0 bridgehead atoms. The highest BCUT2D eigenvalue weighted by Gasteiger charge is 2.22. The monoisotopic (exact) mass is 607 g/mol. The highest BCUT2D eigenvalue weighted by Crippen LogP contribution is 2.21. The quantitative estimate of drug-likeness (QED) is 0.0487. The van der Waals surface area contributed by atoms with Crippen molar-refractivity contribution in [2.24, 2.45) is 0 Å². The molecule has 0 saturated heterocycles. The van der Waals surface area contributed by atoms with Crippen LogP contribution in [0, 0.1) is 0 Å². The minimum atomic E-state index is 0.868. The zero-order chi connectivity index (χ0) is 31.5. The lowest BCUT2D eigenvalue weighted by Crippen LogP contribution is -2.45. The molecule has 43 heavy (non-hydrogen) atoms. The molecule has 0 rings (SSSR count). The Morgan fingerprint density at radius 2 is 0.419 bits per heavy atom. The molecule has 0 aromatic heterocycles. The molecule has 1 unspecified atom stereocenters. The molecule has 1 atom stereocenters. The van der Waals surface area contributed by atoms with Gasteiger partial charge in [-0.2, -0.15) is 0 Å². The molecule has 0 N–H and O–H groups in total. The van der Waals surface area contributed by atoms with Crippen molar-refractivity contribution in [2.45, 2.75) is 251 Å².